The molecule has 0 spiro atoms. The largest absolute Gasteiger partial charge is 0.392 e. The van der Waals surface area contributed by atoms with Crippen LogP contribution in [0.3, 0.4) is 0 Å². The van der Waals surface area contributed by atoms with E-state index in [1.54, 1.807) is 6.07 Å². The van der Waals surface area contributed by atoms with Crippen LogP contribution in [0.2, 0.25) is 0 Å². The molecule has 0 saturated carbocycles. The Morgan fingerprint density at radius 3 is 2.65 bits per heavy atom. The summed E-state index contributed by atoms with van der Waals surface area (Å²) < 4.78 is 0.791. The molecule has 0 unspecified atom stereocenters. The van der Waals surface area contributed by atoms with Crippen LogP contribution >= 0.6 is 15.9 Å². The van der Waals surface area contributed by atoms with Crippen LogP contribution in [0.15, 0.2) is 46.9 Å². The molecule has 0 fully saturated rings. The zero-order valence-electron chi connectivity index (χ0n) is 11.2. The first-order valence-corrected chi connectivity index (χ1v) is 7.12. The minimum absolute atomic E-state index is 0.00525. The molecule has 2 aromatic carbocycles. The van der Waals surface area contributed by atoms with Gasteiger partial charge in [-0.1, -0.05) is 30.3 Å². The molecule has 0 aliphatic heterocycles. The van der Waals surface area contributed by atoms with E-state index in [2.05, 4.69) is 21.2 Å². The number of aryl methyl sites for hydroxylation is 1. The van der Waals surface area contributed by atoms with Gasteiger partial charge in [-0.2, -0.15) is 0 Å². The van der Waals surface area contributed by atoms with Gasteiger partial charge in [-0.3, -0.25) is 4.79 Å². The number of aliphatic hydroxyl groups is 1. The normalized spacial score (nSPS) is 10.3. The van der Waals surface area contributed by atoms with Gasteiger partial charge in [0.1, 0.15) is 0 Å². The van der Waals surface area contributed by atoms with Crippen molar-refractivity contribution in [3.8, 4) is 0 Å². The Balaban J connectivity index is 2.04. The zero-order chi connectivity index (χ0) is 14.5. The highest BCUT2D eigenvalue weighted by Crippen LogP contribution is 2.18. The van der Waals surface area contributed by atoms with Crippen LogP contribution < -0.4 is 5.32 Å². The number of nitrogens with one attached hydrogen (secondary N) is 1. The number of carbonyl (C=O) groups excluding carboxylic acids is 1. The maximum Gasteiger partial charge on any atom is 0.252 e. The molecule has 0 saturated heterocycles. The average molecular weight is 334 g/mol. The van der Waals surface area contributed by atoms with Crippen molar-refractivity contribution < 1.29 is 9.90 Å². The van der Waals surface area contributed by atoms with Crippen molar-refractivity contribution in [1.29, 1.82) is 0 Å². The van der Waals surface area contributed by atoms with E-state index in [4.69, 9.17) is 5.11 Å². The lowest BCUT2D eigenvalue weighted by atomic mass is 10.1. The van der Waals surface area contributed by atoms with Crippen molar-refractivity contribution in [3.63, 3.8) is 0 Å². The fraction of sp³-hybridized carbons (Fsp3) is 0.188. The highest BCUT2D eigenvalue weighted by molar-refractivity contribution is 9.10. The highest BCUT2D eigenvalue weighted by atomic mass is 79.9. The monoisotopic (exact) mass is 333 g/mol. The maximum atomic E-state index is 12.1. The highest BCUT2D eigenvalue weighted by Gasteiger charge is 2.09. The van der Waals surface area contributed by atoms with E-state index >= 15 is 0 Å². The van der Waals surface area contributed by atoms with E-state index in [0.29, 0.717) is 12.1 Å². The van der Waals surface area contributed by atoms with Gasteiger partial charge in [0, 0.05) is 11.0 Å². The van der Waals surface area contributed by atoms with E-state index in [1.807, 2.05) is 43.3 Å². The van der Waals surface area contributed by atoms with Crippen LogP contribution in [0.5, 0.6) is 0 Å². The molecule has 1 amide bonds. The third-order valence-electron chi connectivity index (χ3n) is 3.00. The number of halogens is 1. The quantitative estimate of drug-likeness (QED) is 0.902. The Morgan fingerprint density at radius 1 is 1.20 bits per heavy atom. The standard InChI is InChI=1S/C16H16BrNO2/c1-11-5-6-14(15(17)7-11)16(20)18-9-12-3-2-4-13(8-12)10-19/h2-8,19H,9-10H2,1H3,(H,18,20). The van der Waals surface area contributed by atoms with E-state index in [1.165, 1.54) is 0 Å². The molecular formula is C16H16BrNO2. The predicted molar refractivity (Wildman–Crippen MR) is 82.4 cm³/mol. The molecule has 0 heterocycles. The first-order valence-electron chi connectivity index (χ1n) is 6.33. The molecule has 20 heavy (non-hydrogen) atoms. The van der Waals surface area contributed by atoms with Gasteiger partial charge in [-0.15, -0.1) is 0 Å². The molecule has 0 aliphatic carbocycles. The lowest BCUT2D eigenvalue weighted by Gasteiger charge is -2.08. The molecule has 0 atom stereocenters. The summed E-state index contributed by atoms with van der Waals surface area (Å²) in [5.74, 6) is -0.119. The average Bonchev–Trinajstić information content (AvgIpc) is 2.45. The second-order valence-electron chi connectivity index (χ2n) is 4.64. The summed E-state index contributed by atoms with van der Waals surface area (Å²) in [7, 11) is 0. The van der Waals surface area contributed by atoms with Crippen LogP contribution in [0.25, 0.3) is 0 Å². The molecule has 2 aromatic rings. The number of hydrogen-bond donors (Lipinski definition) is 2. The van der Waals surface area contributed by atoms with Gasteiger partial charge < -0.3 is 10.4 Å². The number of carbonyl (C=O) groups is 1. The van der Waals surface area contributed by atoms with Gasteiger partial charge in [-0.05, 0) is 51.7 Å². The van der Waals surface area contributed by atoms with Crippen molar-refractivity contribution >= 4 is 21.8 Å². The topological polar surface area (TPSA) is 49.3 Å². The van der Waals surface area contributed by atoms with Crippen LogP contribution in [-0.2, 0) is 13.2 Å². The number of rotatable bonds is 4. The summed E-state index contributed by atoms with van der Waals surface area (Å²) in [4.78, 5) is 12.1. The first kappa shape index (κ1) is 14.8. The lowest BCUT2D eigenvalue weighted by molar-refractivity contribution is 0.0950. The maximum absolute atomic E-state index is 12.1. The Bertz CT molecular complexity index is 626. The molecule has 2 N–H and O–H groups in total. The summed E-state index contributed by atoms with van der Waals surface area (Å²) in [5, 5.41) is 12.0. The van der Waals surface area contributed by atoms with Gasteiger partial charge in [0.15, 0.2) is 0 Å². The number of amides is 1. The van der Waals surface area contributed by atoms with E-state index < -0.39 is 0 Å². The van der Waals surface area contributed by atoms with Gasteiger partial charge in [0.25, 0.3) is 5.91 Å². The fourth-order valence-electron chi connectivity index (χ4n) is 1.92. The van der Waals surface area contributed by atoms with E-state index in [0.717, 1.165) is 21.2 Å². The SMILES string of the molecule is Cc1ccc(C(=O)NCc2cccc(CO)c2)c(Br)c1. The minimum Gasteiger partial charge on any atom is -0.392 e. The molecule has 3 nitrogen and oxygen atoms in total. The summed E-state index contributed by atoms with van der Waals surface area (Å²) >= 11 is 3.40. The van der Waals surface area contributed by atoms with Crippen LogP contribution in [0, 0.1) is 6.92 Å². The molecule has 0 bridgehead atoms. The molecule has 2 rings (SSSR count). The number of benzene rings is 2. The molecule has 0 aromatic heterocycles. The summed E-state index contributed by atoms with van der Waals surface area (Å²) in [6.45, 7) is 2.42. The Labute approximate surface area is 126 Å². The summed E-state index contributed by atoms with van der Waals surface area (Å²) in [6.07, 6.45) is 0. The van der Waals surface area contributed by atoms with Gasteiger partial charge in [0.05, 0.1) is 12.2 Å². The van der Waals surface area contributed by atoms with Gasteiger partial charge >= 0.3 is 0 Å². The second kappa shape index (κ2) is 6.68. The van der Waals surface area contributed by atoms with Crippen molar-refractivity contribution in [1.82, 2.24) is 5.32 Å². The molecule has 0 aliphatic rings. The zero-order valence-corrected chi connectivity index (χ0v) is 12.8. The van der Waals surface area contributed by atoms with Crippen LogP contribution in [0.4, 0.5) is 0 Å². The first-order chi connectivity index (χ1) is 9.60. The van der Waals surface area contributed by atoms with Crippen molar-refractivity contribution in [3.05, 3.63) is 69.2 Å². The summed E-state index contributed by atoms with van der Waals surface area (Å²) in [5.41, 5.74) is 3.53. The van der Waals surface area contributed by atoms with Gasteiger partial charge in [-0.25, -0.2) is 0 Å². The molecular weight excluding hydrogens is 318 g/mol. The molecule has 4 heteroatoms. The minimum atomic E-state index is -0.119. The smallest absolute Gasteiger partial charge is 0.252 e. The third-order valence-corrected chi connectivity index (χ3v) is 3.65. The lowest BCUT2D eigenvalue weighted by Crippen LogP contribution is -2.23. The molecule has 0 radical (unpaired) electrons. The second-order valence-corrected chi connectivity index (χ2v) is 5.50. The van der Waals surface area contributed by atoms with Crippen LogP contribution in [-0.4, -0.2) is 11.0 Å². The predicted octanol–water partition coefficient (Wildman–Crippen LogP) is 3.18. The van der Waals surface area contributed by atoms with Crippen molar-refractivity contribution in [2.24, 2.45) is 0 Å². The Hall–Kier alpha value is -1.65. The summed E-state index contributed by atoms with van der Waals surface area (Å²) in [6, 6.07) is 13.1. The van der Waals surface area contributed by atoms with Crippen molar-refractivity contribution in [2.45, 2.75) is 20.1 Å². The molecule has 104 valence electrons. The third kappa shape index (κ3) is 3.68. The van der Waals surface area contributed by atoms with E-state index in [9.17, 15) is 4.79 Å². The number of hydrogen-bond acceptors (Lipinski definition) is 2. The Kier molecular flexibility index (Phi) is 4.93. The van der Waals surface area contributed by atoms with E-state index in [-0.39, 0.29) is 12.5 Å². The number of aliphatic hydroxyl groups excluding tert-OH is 1. The fourth-order valence-corrected chi connectivity index (χ4v) is 2.59. The van der Waals surface area contributed by atoms with Crippen molar-refractivity contribution in [2.75, 3.05) is 0 Å². The Morgan fingerprint density at radius 2 is 1.95 bits per heavy atom. The van der Waals surface area contributed by atoms with Gasteiger partial charge in [0.2, 0.25) is 0 Å². The van der Waals surface area contributed by atoms with Crippen LogP contribution in [0.1, 0.15) is 27.0 Å².